The molecule has 1 saturated heterocycles. The maximum absolute atomic E-state index is 6.21. The van der Waals surface area contributed by atoms with E-state index in [9.17, 15) is 0 Å². The minimum absolute atomic E-state index is 0.0365. The summed E-state index contributed by atoms with van der Waals surface area (Å²) in [7, 11) is 0. The van der Waals surface area contributed by atoms with Crippen molar-refractivity contribution in [3.05, 3.63) is 57.6 Å². The van der Waals surface area contributed by atoms with Crippen molar-refractivity contribution in [2.75, 3.05) is 36.4 Å². The van der Waals surface area contributed by atoms with Gasteiger partial charge in [-0.15, -0.1) is 0 Å². The minimum Gasteiger partial charge on any atom is -0.373 e. The van der Waals surface area contributed by atoms with Crippen molar-refractivity contribution in [3.63, 3.8) is 0 Å². The summed E-state index contributed by atoms with van der Waals surface area (Å²) in [5.74, 6) is 1.06. The molecule has 0 unspecified atom stereocenters. The highest BCUT2D eigenvalue weighted by Crippen LogP contribution is 2.40. The molecule has 1 fully saturated rings. The molecule has 0 radical (unpaired) electrons. The maximum Gasteiger partial charge on any atom is 0.131 e. The quantitative estimate of drug-likeness (QED) is 0.753. The summed E-state index contributed by atoms with van der Waals surface area (Å²) in [6.07, 6.45) is 1.70. The molecular formula is C21H21Cl2N5. The summed E-state index contributed by atoms with van der Waals surface area (Å²) in [5.41, 5.74) is 4.72. The highest BCUT2D eigenvalue weighted by Gasteiger charge is 2.39. The molecule has 7 heteroatoms. The highest BCUT2D eigenvalue weighted by atomic mass is 35.5. The Bertz CT molecular complexity index is 979. The number of piperazine rings is 1. The van der Waals surface area contributed by atoms with Gasteiger partial charge in [-0.05, 0) is 42.8 Å². The van der Waals surface area contributed by atoms with Crippen molar-refractivity contribution in [3.8, 4) is 0 Å². The largest absolute Gasteiger partial charge is 0.373 e. The Morgan fingerprint density at radius 2 is 1.68 bits per heavy atom. The standard InChI is InChI=1S/C21H21Cl2N5/c1-13-2-3-15(23)11-18(13)27-6-8-28(9-7-27)21-20-19(24-12-25-21)16-10-14(22)4-5-17(16)26-20/h2-5,10-12,19-20,26H,6-9H2,1H3/t19-,20+/m1/s1. The average Bonchev–Trinajstić information content (AvgIpc) is 3.08. The Balaban J connectivity index is 1.33. The van der Waals surface area contributed by atoms with Gasteiger partial charge in [0.1, 0.15) is 24.3 Å². The minimum atomic E-state index is 0.0365. The molecule has 2 atom stereocenters. The Hall–Kier alpha value is -2.24. The first-order valence-corrected chi connectivity index (χ1v) is 10.3. The zero-order chi connectivity index (χ0) is 19.3. The van der Waals surface area contributed by atoms with Crippen LogP contribution in [-0.4, -0.2) is 49.3 Å². The molecule has 0 bridgehead atoms. The van der Waals surface area contributed by atoms with E-state index in [-0.39, 0.29) is 12.1 Å². The van der Waals surface area contributed by atoms with E-state index in [1.165, 1.54) is 11.3 Å². The van der Waals surface area contributed by atoms with E-state index >= 15 is 0 Å². The van der Waals surface area contributed by atoms with Crippen LogP contribution >= 0.6 is 23.2 Å². The molecule has 1 N–H and O–H groups in total. The summed E-state index contributed by atoms with van der Waals surface area (Å²) in [5, 5.41) is 5.12. The van der Waals surface area contributed by atoms with Crippen LogP contribution in [0.4, 0.5) is 11.4 Å². The SMILES string of the molecule is Cc1ccc(Cl)cc1N1CCN(C2=NC=N[C@@H]3c4cc(Cl)ccc4N[C@H]23)CC1. The lowest BCUT2D eigenvalue weighted by Crippen LogP contribution is -2.53. The van der Waals surface area contributed by atoms with Crippen LogP contribution in [-0.2, 0) is 0 Å². The zero-order valence-corrected chi connectivity index (χ0v) is 17.1. The van der Waals surface area contributed by atoms with Crippen LogP contribution in [0.15, 0.2) is 46.4 Å². The van der Waals surface area contributed by atoms with E-state index in [2.05, 4.69) is 44.2 Å². The monoisotopic (exact) mass is 413 g/mol. The van der Waals surface area contributed by atoms with Crippen molar-refractivity contribution in [2.45, 2.75) is 19.0 Å². The van der Waals surface area contributed by atoms with Crippen LogP contribution in [0.1, 0.15) is 17.2 Å². The summed E-state index contributed by atoms with van der Waals surface area (Å²) >= 11 is 12.4. The van der Waals surface area contributed by atoms with E-state index in [0.717, 1.165) is 53.3 Å². The predicted octanol–water partition coefficient (Wildman–Crippen LogP) is 4.40. The van der Waals surface area contributed by atoms with E-state index in [0.29, 0.717) is 0 Å². The number of rotatable bonds is 1. The molecule has 0 aliphatic carbocycles. The normalized spacial score (nSPS) is 23.2. The molecule has 5 rings (SSSR count). The molecule has 0 saturated carbocycles. The molecule has 3 aliphatic heterocycles. The highest BCUT2D eigenvalue weighted by molar-refractivity contribution is 6.31. The van der Waals surface area contributed by atoms with Gasteiger partial charge in [0.15, 0.2) is 0 Å². The van der Waals surface area contributed by atoms with Gasteiger partial charge in [-0.1, -0.05) is 29.3 Å². The number of aliphatic imine (C=N–C) groups is 2. The third-order valence-corrected chi connectivity index (χ3v) is 6.24. The first-order valence-electron chi connectivity index (χ1n) is 9.51. The van der Waals surface area contributed by atoms with E-state index in [1.807, 2.05) is 24.3 Å². The Labute approximate surface area is 174 Å². The lowest BCUT2D eigenvalue weighted by molar-refractivity contribution is 0.372. The predicted molar refractivity (Wildman–Crippen MR) is 118 cm³/mol. The number of fused-ring (bicyclic) bond motifs is 3. The van der Waals surface area contributed by atoms with Gasteiger partial charge in [0, 0.05) is 53.2 Å². The molecule has 5 nitrogen and oxygen atoms in total. The van der Waals surface area contributed by atoms with Gasteiger partial charge < -0.3 is 15.1 Å². The first kappa shape index (κ1) is 17.8. The van der Waals surface area contributed by atoms with Crippen molar-refractivity contribution >= 4 is 46.8 Å². The fraction of sp³-hybridized carbons (Fsp3) is 0.333. The fourth-order valence-electron chi connectivity index (χ4n) is 4.33. The lowest BCUT2D eigenvalue weighted by atomic mass is 10.0. The summed E-state index contributed by atoms with van der Waals surface area (Å²) in [6, 6.07) is 12.2. The van der Waals surface area contributed by atoms with Crippen molar-refractivity contribution < 1.29 is 0 Å². The molecule has 28 heavy (non-hydrogen) atoms. The lowest BCUT2D eigenvalue weighted by Gasteiger charge is -2.40. The number of nitrogens with one attached hydrogen (secondary N) is 1. The van der Waals surface area contributed by atoms with Gasteiger partial charge in [0.25, 0.3) is 0 Å². The van der Waals surface area contributed by atoms with Crippen LogP contribution in [0.2, 0.25) is 10.0 Å². The van der Waals surface area contributed by atoms with Crippen LogP contribution in [0, 0.1) is 6.92 Å². The van der Waals surface area contributed by atoms with Gasteiger partial charge in [-0.3, -0.25) is 4.99 Å². The number of halogens is 2. The van der Waals surface area contributed by atoms with Crippen LogP contribution < -0.4 is 10.2 Å². The Morgan fingerprint density at radius 3 is 2.50 bits per heavy atom. The van der Waals surface area contributed by atoms with Crippen molar-refractivity contribution in [1.29, 1.82) is 0 Å². The fourth-order valence-corrected chi connectivity index (χ4v) is 4.68. The van der Waals surface area contributed by atoms with Gasteiger partial charge in [0.05, 0.1) is 0 Å². The van der Waals surface area contributed by atoms with E-state index in [1.54, 1.807) is 6.34 Å². The number of amidine groups is 1. The smallest absolute Gasteiger partial charge is 0.131 e. The second-order valence-corrected chi connectivity index (χ2v) is 8.33. The van der Waals surface area contributed by atoms with Crippen LogP contribution in [0.5, 0.6) is 0 Å². The average molecular weight is 414 g/mol. The molecule has 2 aromatic rings. The molecule has 0 aromatic heterocycles. The van der Waals surface area contributed by atoms with E-state index < -0.39 is 0 Å². The van der Waals surface area contributed by atoms with Gasteiger partial charge >= 0.3 is 0 Å². The van der Waals surface area contributed by atoms with Gasteiger partial charge in [-0.25, -0.2) is 4.99 Å². The number of benzene rings is 2. The molecule has 144 valence electrons. The van der Waals surface area contributed by atoms with Gasteiger partial charge in [-0.2, -0.15) is 0 Å². The van der Waals surface area contributed by atoms with Crippen LogP contribution in [0.25, 0.3) is 0 Å². The molecular weight excluding hydrogens is 393 g/mol. The topological polar surface area (TPSA) is 43.2 Å². The molecule has 3 aliphatic rings. The third kappa shape index (κ3) is 3.03. The summed E-state index contributed by atoms with van der Waals surface area (Å²) < 4.78 is 0. The molecule has 0 amide bonds. The summed E-state index contributed by atoms with van der Waals surface area (Å²) in [6.45, 7) is 5.84. The molecule has 0 spiro atoms. The first-order chi connectivity index (χ1) is 13.6. The Kier molecular flexibility index (Phi) is 4.44. The summed E-state index contributed by atoms with van der Waals surface area (Å²) in [4.78, 5) is 14.0. The number of aryl methyl sites for hydroxylation is 1. The number of anilines is 2. The van der Waals surface area contributed by atoms with Gasteiger partial charge in [0.2, 0.25) is 0 Å². The number of hydrogen-bond acceptors (Lipinski definition) is 5. The second-order valence-electron chi connectivity index (χ2n) is 7.46. The van der Waals surface area contributed by atoms with Crippen molar-refractivity contribution in [2.24, 2.45) is 9.98 Å². The maximum atomic E-state index is 6.21. The zero-order valence-electron chi connectivity index (χ0n) is 15.6. The molecule has 3 heterocycles. The number of hydrogen-bond donors (Lipinski definition) is 1. The second kappa shape index (κ2) is 6.98. The van der Waals surface area contributed by atoms with Crippen LogP contribution in [0.3, 0.4) is 0 Å². The molecule has 2 aromatic carbocycles. The Morgan fingerprint density at radius 1 is 0.964 bits per heavy atom. The van der Waals surface area contributed by atoms with Crippen molar-refractivity contribution in [1.82, 2.24) is 4.90 Å². The third-order valence-electron chi connectivity index (χ3n) is 5.77. The van der Waals surface area contributed by atoms with E-state index in [4.69, 9.17) is 23.2 Å². The number of nitrogens with zero attached hydrogens (tertiary/aromatic N) is 4.